The predicted octanol–water partition coefficient (Wildman–Crippen LogP) is 2.74. The minimum atomic E-state index is 0.680. The van der Waals surface area contributed by atoms with Crippen molar-refractivity contribution in [2.24, 2.45) is 0 Å². The Labute approximate surface area is 126 Å². The second-order valence-electron chi connectivity index (χ2n) is 5.88. The average molecular weight is 284 g/mol. The number of nitrogens with two attached hydrogens (primary N) is 1. The van der Waals surface area contributed by atoms with Crippen LogP contribution >= 0.6 is 0 Å². The van der Waals surface area contributed by atoms with Crippen LogP contribution in [0.25, 0.3) is 10.8 Å². The molecule has 0 spiro atoms. The van der Waals surface area contributed by atoms with Crippen LogP contribution in [0.2, 0.25) is 0 Å². The summed E-state index contributed by atoms with van der Waals surface area (Å²) in [6.45, 7) is 8.99. The smallest absolute Gasteiger partial charge is 0.0449 e. The zero-order chi connectivity index (χ0) is 14.8. The Morgan fingerprint density at radius 3 is 2.62 bits per heavy atom. The number of fused-ring (bicyclic) bond motifs is 1. The summed E-state index contributed by atoms with van der Waals surface area (Å²) in [5.74, 6) is 0. The Morgan fingerprint density at radius 1 is 1.14 bits per heavy atom. The molecule has 0 aliphatic carbocycles. The highest BCUT2D eigenvalue weighted by Crippen LogP contribution is 2.31. The van der Waals surface area contributed by atoms with Crippen LogP contribution < -0.4 is 10.6 Å². The molecule has 1 unspecified atom stereocenters. The van der Waals surface area contributed by atoms with Gasteiger partial charge in [0.1, 0.15) is 0 Å². The van der Waals surface area contributed by atoms with Crippen molar-refractivity contribution in [3.63, 3.8) is 0 Å². The molecule has 0 saturated carbocycles. The molecule has 1 atom stereocenters. The maximum Gasteiger partial charge on any atom is 0.0449 e. The zero-order valence-corrected chi connectivity index (χ0v) is 12.9. The molecule has 1 fully saturated rings. The molecule has 1 aromatic carbocycles. The van der Waals surface area contributed by atoms with E-state index in [9.17, 15) is 0 Å². The van der Waals surface area contributed by atoms with Crippen molar-refractivity contribution in [3.05, 3.63) is 30.6 Å². The number of benzene rings is 1. The first kappa shape index (κ1) is 14.1. The lowest BCUT2D eigenvalue weighted by Crippen LogP contribution is -2.49. The van der Waals surface area contributed by atoms with E-state index in [2.05, 4.69) is 40.8 Å². The average Bonchev–Trinajstić information content (AvgIpc) is 2.55. The van der Waals surface area contributed by atoms with Crippen molar-refractivity contribution in [1.82, 2.24) is 9.88 Å². The van der Waals surface area contributed by atoms with Crippen molar-refractivity contribution >= 4 is 22.1 Å². The van der Waals surface area contributed by atoms with Gasteiger partial charge in [0.05, 0.1) is 0 Å². The van der Waals surface area contributed by atoms with E-state index in [0.29, 0.717) is 6.04 Å². The van der Waals surface area contributed by atoms with Gasteiger partial charge in [-0.3, -0.25) is 9.88 Å². The van der Waals surface area contributed by atoms with Crippen molar-refractivity contribution < 1.29 is 0 Å². The highest BCUT2D eigenvalue weighted by molar-refractivity contribution is 6.00. The molecule has 0 bridgehead atoms. The number of nitrogens with zero attached hydrogens (tertiary/aromatic N) is 3. The minimum Gasteiger partial charge on any atom is -0.398 e. The molecular weight excluding hydrogens is 260 g/mol. The third kappa shape index (κ3) is 2.68. The standard InChI is InChI=1S/C17H24N4/c1-3-13(2)20-8-10-21(11-9-20)17-5-4-16(18)15-12-19-7-6-14(15)17/h4-7,12-13H,3,8-11,18H2,1-2H3. The monoisotopic (exact) mass is 284 g/mol. The van der Waals surface area contributed by atoms with Gasteiger partial charge >= 0.3 is 0 Å². The van der Waals surface area contributed by atoms with Gasteiger partial charge in [-0.15, -0.1) is 0 Å². The largest absolute Gasteiger partial charge is 0.398 e. The number of hydrogen-bond donors (Lipinski definition) is 1. The van der Waals surface area contributed by atoms with Crippen LogP contribution in [0.1, 0.15) is 20.3 Å². The van der Waals surface area contributed by atoms with Crippen molar-refractivity contribution in [1.29, 1.82) is 0 Å². The number of piperazine rings is 1. The number of rotatable bonds is 3. The topological polar surface area (TPSA) is 45.4 Å². The molecule has 112 valence electrons. The van der Waals surface area contributed by atoms with Gasteiger partial charge in [0.25, 0.3) is 0 Å². The second kappa shape index (κ2) is 5.90. The quantitative estimate of drug-likeness (QED) is 0.880. The van der Waals surface area contributed by atoms with Crippen LogP contribution in [0.4, 0.5) is 11.4 Å². The SMILES string of the molecule is CCC(C)N1CCN(c2ccc(N)c3cnccc23)CC1. The molecular formula is C17H24N4. The van der Waals surface area contributed by atoms with Crippen LogP contribution in [0.15, 0.2) is 30.6 Å². The third-order valence-electron chi connectivity index (χ3n) is 4.70. The third-order valence-corrected chi connectivity index (χ3v) is 4.70. The number of anilines is 2. The first-order chi connectivity index (χ1) is 10.2. The van der Waals surface area contributed by atoms with Crippen molar-refractivity contribution in [2.75, 3.05) is 36.8 Å². The van der Waals surface area contributed by atoms with Gasteiger partial charge in [-0.05, 0) is 31.5 Å². The number of aromatic nitrogens is 1. The van der Waals surface area contributed by atoms with E-state index in [4.69, 9.17) is 5.73 Å². The molecule has 0 radical (unpaired) electrons. The van der Waals surface area contributed by atoms with Crippen LogP contribution in [0, 0.1) is 0 Å². The zero-order valence-electron chi connectivity index (χ0n) is 12.9. The summed E-state index contributed by atoms with van der Waals surface area (Å²) in [6, 6.07) is 6.90. The predicted molar refractivity (Wildman–Crippen MR) is 89.7 cm³/mol. The lowest BCUT2D eigenvalue weighted by atomic mass is 10.1. The Morgan fingerprint density at radius 2 is 1.90 bits per heavy atom. The number of nitrogen functional groups attached to an aromatic ring is 1. The summed E-state index contributed by atoms with van der Waals surface area (Å²) in [4.78, 5) is 9.25. The summed E-state index contributed by atoms with van der Waals surface area (Å²) < 4.78 is 0. The first-order valence-electron chi connectivity index (χ1n) is 7.82. The van der Waals surface area contributed by atoms with Crippen LogP contribution in [0.5, 0.6) is 0 Å². The Kier molecular flexibility index (Phi) is 3.97. The molecule has 0 amide bonds. The van der Waals surface area contributed by atoms with E-state index in [1.54, 1.807) is 0 Å². The number of hydrogen-bond acceptors (Lipinski definition) is 4. The molecule has 3 rings (SSSR count). The van der Waals surface area contributed by atoms with Gasteiger partial charge in [0.2, 0.25) is 0 Å². The van der Waals surface area contributed by atoms with Crippen LogP contribution in [-0.2, 0) is 0 Å². The molecule has 1 aromatic heterocycles. The summed E-state index contributed by atoms with van der Waals surface area (Å²) in [5, 5.41) is 2.27. The van der Waals surface area contributed by atoms with Crippen LogP contribution in [0.3, 0.4) is 0 Å². The first-order valence-corrected chi connectivity index (χ1v) is 7.82. The molecule has 4 heteroatoms. The fraction of sp³-hybridized carbons (Fsp3) is 0.471. The van der Waals surface area contributed by atoms with Gasteiger partial charge < -0.3 is 10.6 Å². The molecule has 1 aliphatic heterocycles. The molecule has 2 aromatic rings. The highest BCUT2D eigenvalue weighted by Gasteiger charge is 2.21. The maximum absolute atomic E-state index is 6.07. The maximum atomic E-state index is 6.07. The van der Waals surface area contributed by atoms with Gasteiger partial charge in [-0.2, -0.15) is 0 Å². The Hall–Kier alpha value is -1.81. The van der Waals surface area contributed by atoms with Crippen molar-refractivity contribution in [2.45, 2.75) is 26.3 Å². The molecule has 1 saturated heterocycles. The van der Waals surface area contributed by atoms with E-state index >= 15 is 0 Å². The summed E-state index contributed by atoms with van der Waals surface area (Å²) in [5.41, 5.74) is 8.16. The van der Waals surface area contributed by atoms with E-state index in [1.165, 1.54) is 17.5 Å². The van der Waals surface area contributed by atoms with Crippen LogP contribution in [-0.4, -0.2) is 42.1 Å². The molecule has 1 aliphatic rings. The van der Waals surface area contributed by atoms with Gasteiger partial charge in [0.15, 0.2) is 0 Å². The summed E-state index contributed by atoms with van der Waals surface area (Å²) in [6.07, 6.45) is 4.93. The highest BCUT2D eigenvalue weighted by atomic mass is 15.3. The summed E-state index contributed by atoms with van der Waals surface area (Å²) in [7, 11) is 0. The molecule has 2 heterocycles. The fourth-order valence-electron chi connectivity index (χ4n) is 3.13. The minimum absolute atomic E-state index is 0.680. The Bertz CT molecular complexity index is 617. The van der Waals surface area contributed by atoms with E-state index in [-0.39, 0.29) is 0 Å². The Balaban J connectivity index is 1.85. The van der Waals surface area contributed by atoms with E-state index in [0.717, 1.165) is 37.3 Å². The normalized spacial score (nSPS) is 18.1. The second-order valence-corrected chi connectivity index (χ2v) is 5.88. The van der Waals surface area contributed by atoms with Gasteiger partial charge in [-0.1, -0.05) is 6.92 Å². The van der Waals surface area contributed by atoms with Crippen molar-refractivity contribution in [3.8, 4) is 0 Å². The lowest BCUT2D eigenvalue weighted by Gasteiger charge is -2.39. The van der Waals surface area contributed by atoms with E-state index in [1.807, 2.05) is 18.5 Å². The molecule has 21 heavy (non-hydrogen) atoms. The lowest BCUT2D eigenvalue weighted by molar-refractivity contribution is 0.193. The number of pyridine rings is 1. The molecule has 4 nitrogen and oxygen atoms in total. The van der Waals surface area contributed by atoms with Gasteiger partial charge in [-0.25, -0.2) is 0 Å². The van der Waals surface area contributed by atoms with Gasteiger partial charge in [0, 0.05) is 66.8 Å². The molecule has 2 N–H and O–H groups in total. The fourth-order valence-corrected chi connectivity index (χ4v) is 3.13. The van der Waals surface area contributed by atoms with E-state index < -0.39 is 0 Å². The summed E-state index contributed by atoms with van der Waals surface area (Å²) >= 11 is 0.